The summed E-state index contributed by atoms with van der Waals surface area (Å²) in [5, 5.41) is 58.3. The van der Waals surface area contributed by atoms with Crippen molar-refractivity contribution in [3.8, 4) is 0 Å². The number of ether oxygens (including phenoxy) is 1. The second-order valence-electron chi connectivity index (χ2n) is 9.06. The highest BCUT2D eigenvalue weighted by atomic mass is 31.2. The lowest BCUT2D eigenvalue weighted by atomic mass is 9.85. The molecule has 3 unspecified atom stereocenters. The maximum absolute atomic E-state index is 12.1. The maximum Gasteiger partial charge on any atom is 0.472 e. The van der Waals surface area contributed by atoms with E-state index in [1.807, 2.05) is 0 Å². The highest BCUT2D eigenvalue weighted by Crippen LogP contribution is 2.47. The summed E-state index contributed by atoms with van der Waals surface area (Å²) in [6.07, 6.45) is -1.73. The molecule has 208 valence electrons. The monoisotopic (exact) mass is 530 g/mol. The molecule has 7 N–H and O–H groups in total. The number of hydrogen-bond acceptors (Lipinski definition) is 11. The van der Waals surface area contributed by atoms with Crippen LogP contribution in [0.4, 0.5) is 0 Å². The van der Waals surface area contributed by atoms with E-state index >= 15 is 0 Å². The van der Waals surface area contributed by atoms with Crippen LogP contribution in [0.3, 0.4) is 0 Å². The van der Waals surface area contributed by atoms with E-state index in [4.69, 9.17) is 4.74 Å². The number of phosphoric ester groups is 1. The molecule has 8 atom stereocenters. The summed E-state index contributed by atoms with van der Waals surface area (Å²) in [7, 11) is -4.97. The van der Waals surface area contributed by atoms with Gasteiger partial charge < -0.3 is 40.3 Å². The van der Waals surface area contributed by atoms with Crippen LogP contribution in [-0.4, -0.2) is 97.4 Å². The second-order valence-corrected chi connectivity index (χ2v) is 10.5. The minimum atomic E-state index is -4.97. The topological polar surface area (TPSA) is 203 Å². The van der Waals surface area contributed by atoms with Crippen molar-refractivity contribution in [1.29, 1.82) is 0 Å². The van der Waals surface area contributed by atoms with Crippen LogP contribution in [0.15, 0.2) is 0 Å². The Hall–Kier alpha value is -0.660. The lowest BCUT2D eigenvalue weighted by molar-refractivity contribution is -0.220. The number of phosphoric acid groups is 1. The molecular weight excluding hydrogens is 487 g/mol. The molecule has 35 heavy (non-hydrogen) atoms. The van der Waals surface area contributed by atoms with Crippen molar-refractivity contribution in [1.82, 2.24) is 0 Å². The Balaban J connectivity index is 2.20. The first kappa shape index (κ1) is 32.4. The summed E-state index contributed by atoms with van der Waals surface area (Å²) in [4.78, 5) is 21.6. The average molecular weight is 531 g/mol. The summed E-state index contributed by atoms with van der Waals surface area (Å²) >= 11 is 0. The van der Waals surface area contributed by atoms with Gasteiger partial charge in [0.15, 0.2) is 0 Å². The van der Waals surface area contributed by atoms with Gasteiger partial charge in [0.2, 0.25) is 0 Å². The number of carbonyl (C=O) groups is 1. The summed E-state index contributed by atoms with van der Waals surface area (Å²) in [5.41, 5.74) is 0. The Morgan fingerprint density at radius 1 is 0.771 bits per heavy atom. The van der Waals surface area contributed by atoms with Crippen LogP contribution >= 0.6 is 7.82 Å². The van der Waals surface area contributed by atoms with Gasteiger partial charge in [-0.15, -0.1) is 0 Å². The normalized spacial score (nSPS) is 29.5. The fourth-order valence-corrected chi connectivity index (χ4v) is 4.73. The smallest absolute Gasteiger partial charge is 0.463 e. The summed E-state index contributed by atoms with van der Waals surface area (Å²) in [6.45, 7) is 0.940. The van der Waals surface area contributed by atoms with Crippen molar-refractivity contribution in [2.75, 3.05) is 13.2 Å². The third-order valence-corrected chi connectivity index (χ3v) is 6.91. The first-order valence-electron chi connectivity index (χ1n) is 12.4. The lowest BCUT2D eigenvalue weighted by Gasteiger charge is -2.41. The van der Waals surface area contributed by atoms with Crippen molar-refractivity contribution in [2.24, 2.45) is 0 Å². The van der Waals surface area contributed by atoms with Crippen LogP contribution < -0.4 is 0 Å². The van der Waals surface area contributed by atoms with Crippen molar-refractivity contribution >= 4 is 13.8 Å². The van der Waals surface area contributed by atoms with Crippen molar-refractivity contribution in [2.45, 2.75) is 120 Å². The molecule has 0 saturated heterocycles. The van der Waals surface area contributed by atoms with Gasteiger partial charge in [0.1, 0.15) is 49.3 Å². The van der Waals surface area contributed by atoms with Crippen LogP contribution in [0.1, 0.15) is 77.6 Å². The molecular formula is C22H43O12P. The molecule has 1 fully saturated rings. The number of aliphatic hydroxyl groups is 6. The van der Waals surface area contributed by atoms with Gasteiger partial charge >= 0.3 is 13.8 Å². The van der Waals surface area contributed by atoms with E-state index in [0.29, 0.717) is 6.42 Å². The number of rotatable bonds is 18. The molecule has 0 amide bonds. The van der Waals surface area contributed by atoms with Crippen LogP contribution in [0, 0.1) is 0 Å². The van der Waals surface area contributed by atoms with Gasteiger partial charge in [0.25, 0.3) is 0 Å². The Bertz CT molecular complexity index is 620. The zero-order valence-electron chi connectivity index (χ0n) is 20.4. The fourth-order valence-electron chi connectivity index (χ4n) is 3.75. The van der Waals surface area contributed by atoms with E-state index < -0.39 is 69.7 Å². The standard InChI is InChI=1S/C22H43O12P/c1-2-3-4-5-6-7-8-9-10-11-12-16(24)32-13-15(23)14-33-35(30,31)34-22-20(28)18(26)17(25)19(27)21(22)29/h15,17-23,25-29H,2-14H2,1H3,(H,30,31)/t15-,17?,18-,19+,20-,21-,22?/m1/s1. The number of esters is 1. The number of unbranched alkanes of at least 4 members (excludes halogenated alkanes) is 9. The third kappa shape index (κ3) is 12.4. The van der Waals surface area contributed by atoms with E-state index in [1.165, 1.54) is 38.5 Å². The van der Waals surface area contributed by atoms with Gasteiger partial charge in [-0.3, -0.25) is 13.8 Å². The van der Waals surface area contributed by atoms with Crippen LogP contribution in [0.2, 0.25) is 0 Å². The second kappa shape index (κ2) is 17.0. The minimum absolute atomic E-state index is 0.194. The van der Waals surface area contributed by atoms with Crippen molar-refractivity contribution in [3.63, 3.8) is 0 Å². The predicted molar refractivity (Wildman–Crippen MR) is 124 cm³/mol. The van der Waals surface area contributed by atoms with Gasteiger partial charge in [-0.2, -0.15) is 0 Å². The molecule has 0 aliphatic heterocycles. The van der Waals surface area contributed by atoms with Gasteiger partial charge in [0, 0.05) is 6.42 Å². The Labute approximate surface area is 206 Å². The summed E-state index contributed by atoms with van der Waals surface area (Å²) in [5.74, 6) is -0.512. The molecule has 0 radical (unpaired) electrons. The maximum atomic E-state index is 12.1. The van der Waals surface area contributed by atoms with E-state index in [2.05, 4.69) is 16.0 Å². The number of aliphatic hydroxyl groups excluding tert-OH is 6. The van der Waals surface area contributed by atoms with Gasteiger partial charge in [-0.05, 0) is 6.42 Å². The molecule has 0 spiro atoms. The van der Waals surface area contributed by atoms with Crippen molar-refractivity contribution < 1.29 is 58.7 Å². The molecule has 0 aromatic carbocycles. The van der Waals surface area contributed by atoms with E-state index in [1.54, 1.807) is 0 Å². The zero-order valence-corrected chi connectivity index (χ0v) is 21.2. The number of hydrogen-bond donors (Lipinski definition) is 7. The predicted octanol–water partition coefficient (Wildman–Crippen LogP) is 0.522. The molecule has 1 saturated carbocycles. The van der Waals surface area contributed by atoms with E-state index in [-0.39, 0.29) is 6.42 Å². The highest BCUT2D eigenvalue weighted by molar-refractivity contribution is 7.47. The van der Waals surface area contributed by atoms with Gasteiger partial charge in [-0.1, -0.05) is 64.7 Å². The molecule has 12 nitrogen and oxygen atoms in total. The molecule has 0 aromatic rings. The van der Waals surface area contributed by atoms with Gasteiger partial charge in [0.05, 0.1) is 6.61 Å². The molecule has 0 heterocycles. The lowest BCUT2D eigenvalue weighted by Crippen LogP contribution is -2.64. The van der Waals surface area contributed by atoms with Crippen LogP contribution in [0.5, 0.6) is 0 Å². The van der Waals surface area contributed by atoms with Crippen LogP contribution in [0.25, 0.3) is 0 Å². The van der Waals surface area contributed by atoms with Gasteiger partial charge in [-0.25, -0.2) is 4.57 Å². The van der Waals surface area contributed by atoms with Crippen molar-refractivity contribution in [3.05, 3.63) is 0 Å². The molecule has 1 rings (SSSR count). The quantitative estimate of drug-likeness (QED) is 0.0736. The Morgan fingerprint density at radius 2 is 1.23 bits per heavy atom. The summed E-state index contributed by atoms with van der Waals surface area (Å²) in [6, 6.07) is 0. The molecule has 1 aliphatic carbocycles. The van der Waals surface area contributed by atoms with E-state index in [0.717, 1.165) is 19.3 Å². The molecule has 0 aromatic heterocycles. The Morgan fingerprint density at radius 3 is 1.74 bits per heavy atom. The minimum Gasteiger partial charge on any atom is -0.463 e. The highest BCUT2D eigenvalue weighted by Gasteiger charge is 2.51. The largest absolute Gasteiger partial charge is 0.472 e. The zero-order chi connectivity index (χ0) is 26.4. The van der Waals surface area contributed by atoms with E-state index in [9.17, 15) is 44.9 Å². The fraction of sp³-hybridized carbons (Fsp3) is 0.955. The number of carbonyl (C=O) groups excluding carboxylic acids is 1. The SMILES string of the molecule is CCCCCCCCCCCCC(=O)OC[C@@H](O)COP(=O)(O)OC1[C@H](O)[C@H](O)C(O)[C@H](O)[C@H]1O. The van der Waals surface area contributed by atoms with Crippen LogP contribution in [-0.2, 0) is 23.1 Å². The summed E-state index contributed by atoms with van der Waals surface area (Å²) < 4.78 is 26.2. The first-order valence-corrected chi connectivity index (χ1v) is 13.9. The molecule has 13 heteroatoms. The first-order chi connectivity index (χ1) is 16.5. The Kier molecular flexibility index (Phi) is 15.7. The molecule has 1 aliphatic rings. The molecule has 0 bridgehead atoms. The third-order valence-electron chi connectivity index (χ3n) is 5.93. The average Bonchev–Trinajstić information content (AvgIpc) is 2.83.